The van der Waals surface area contributed by atoms with Crippen LogP contribution in [0.2, 0.25) is 5.02 Å². The highest BCUT2D eigenvalue weighted by atomic mass is 35.5. The summed E-state index contributed by atoms with van der Waals surface area (Å²) in [6, 6.07) is 3.92. The molecule has 1 unspecified atom stereocenters. The molecule has 0 bridgehead atoms. The Morgan fingerprint density at radius 1 is 1.65 bits per heavy atom. The van der Waals surface area contributed by atoms with Crippen LogP contribution in [0.1, 0.15) is 12.5 Å². The molecule has 3 N–H and O–H groups in total. The van der Waals surface area contributed by atoms with Crippen LogP contribution in [0.3, 0.4) is 0 Å². The summed E-state index contributed by atoms with van der Waals surface area (Å²) in [6.45, 7) is 2.19. The molecule has 1 aromatic rings. The molecular weight excluding hydrogens is 245 g/mol. The normalized spacial score (nSPS) is 14.1. The van der Waals surface area contributed by atoms with E-state index < -0.39 is 0 Å². The Kier molecular flexibility index (Phi) is 4.72. The fourth-order valence-corrected chi connectivity index (χ4v) is 1.56. The van der Waals surface area contributed by atoms with Crippen molar-refractivity contribution in [2.45, 2.75) is 19.5 Å². The van der Waals surface area contributed by atoms with Crippen molar-refractivity contribution in [3.63, 3.8) is 0 Å². The van der Waals surface area contributed by atoms with Gasteiger partial charge in [-0.1, -0.05) is 16.8 Å². The molecule has 0 aliphatic carbocycles. The van der Waals surface area contributed by atoms with Gasteiger partial charge in [0, 0.05) is 11.6 Å². The van der Waals surface area contributed by atoms with Crippen LogP contribution < -0.4 is 5.73 Å². The average Bonchev–Trinajstić information content (AvgIpc) is 2.31. The van der Waals surface area contributed by atoms with E-state index in [1.807, 2.05) is 0 Å². The first-order valence-corrected chi connectivity index (χ1v) is 5.45. The van der Waals surface area contributed by atoms with Crippen LogP contribution >= 0.6 is 11.6 Å². The number of rotatable bonds is 4. The molecule has 17 heavy (non-hydrogen) atoms. The van der Waals surface area contributed by atoms with Crippen LogP contribution in [0.5, 0.6) is 0 Å². The van der Waals surface area contributed by atoms with Gasteiger partial charge in [0.15, 0.2) is 5.84 Å². The lowest BCUT2D eigenvalue weighted by molar-refractivity contribution is 0.279. The molecule has 0 saturated heterocycles. The molecule has 0 amide bonds. The lowest BCUT2D eigenvalue weighted by Crippen LogP contribution is -2.40. The summed E-state index contributed by atoms with van der Waals surface area (Å²) in [5, 5.41) is 12.0. The smallest absolute Gasteiger partial charge is 0.156 e. The van der Waals surface area contributed by atoms with Gasteiger partial charge in [-0.2, -0.15) is 0 Å². The lowest BCUT2D eigenvalue weighted by atomic mass is 10.2. The van der Waals surface area contributed by atoms with Gasteiger partial charge >= 0.3 is 0 Å². The highest BCUT2D eigenvalue weighted by Gasteiger charge is 2.15. The number of benzene rings is 1. The summed E-state index contributed by atoms with van der Waals surface area (Å²) in [7, 11) is 1.78. The van der Waals surface area contributed by atoms with E-state index in [2.05, 4.69) is 5.16 Å². The van der Waals surface area contributed by atoms with E-state index in [4.69, 9.17) is 22.5 Å². The maximum atomic E-state index is 13.1. The van der Waals surface area contributed by atoms with Gasteiger partial charge in [0.2, 0.25) is 0 Å². The lowest BCUT2D eigenvalue weighted by Gasteiger charge is -2.23. The van der Waals surface area contributed by atoms with Crippen LogP contribution in [-0.2, 0) is 6.54 Å². The van der Waals surface area contributed by atoms with Crippen LogP contribution in [0.25, 0.3) is 0 Å². The van der Waals surface area contributed by atoms with Crippen molar-refractivity contribution in [3.8, 4) is 0 Å². The molecule has 0 spiro atoms. The second-order valence-corrected chi connectivity index (χ2v) is 4.26. The zero-order chi connectivity index (χ0) is 13.0. The second kappa shape index (κ2) is 5.84. The number of hydrogen-bond acceptors (Lipinski definition) is 3. The highest BCUT2D eigenvalue weighted by molar-refractivity contribution is 6.31. The summed E-state index contributed by atoms with van der Waals surface area (Å²) in [4.78, 5) is 1.80. The number of halogens is 2. The number of amidine groups is 1. The van der Waals surface area contributed by atoms with Crippen molar-refractivity contribution in [2.24, 2.45) is 10.9 Å². The molecule has 0 aliphatic rings. The Labute approximate surface area is 104 Å². The van der Waals surface area contributed by atoms with Crippen LogP contribution in [0.4, 0.5) is 4.39 Å². The SMILES string of the molecule is CC(/C(N)=N/O)N(C)Cc1cc(F)ccc1Cl. The number of oxime groups is 1. The number of likely N-dealkylation sites (N-methyl/N-ethyl adjacent to an activating group) is 1. The molecule has 0 saturated carbocycles. The third kappa shape index (κ3) is 3.57. The Morgan fingerprint density at radius 2 is 2.29 bits per heavy atom. The van der Waals surface area contributed by atoms with Gasteiger partial charge in [-0.15, -0.1) is 0 Å². The highest BCUT2D eigenvalue weighted by Crippen LogP contribution is 2.19. The monoisotopic (exact) mass is 259 g/mol. The maximum Gasteiger partial charge on any atom is 0.156 e. The van der Waals surface area contributed by atoms with Crippen LogP contribution in [-0.4, -0.2) is 29.0 Å². The number of nitrogens with zero attached hydrogens (tertiary/aromatic N) is 2. The van der Waals surface area contributed by atoms with Crippen LogP contribution in [0, 0.1) is 5.82 Å². The topological polar surface area (TPSA) is 61.9 Å². The van der Waals surface area contributed by atoms with Crippen molar-refractivity contribution in [3.05, 3.63) is 34.6 Å². The molecule has 1 atom stereocenters. The zero-order valence-corrected chi connectivity index (χ0v) is 10.4. The minimum absolute atomic E-state index is 0.0972. The average molecular weight is 260 g/mol. The third-order valence-electron chi connectivity index (χ3n) is 2.63. The predicted molar refractivity (Wildman–Crippen MR) is 65.7 cm³/mol. The molecule has 1 aromatic carbocycles. The Hall–Kier alpha value is -1.33. The van der Waals surface area contributed by atoms with E-state index in [9.17, 15) is 4.39 Å². The standard InChI is InChI=1S/C11H15ClFN3O/c1-7(11(14)15-17)16(2)6-8-5-9(13)3-4-10(8)12/h3-5,7,17H,6H2,1-2H3,(H2,14,15). The maximum absolute atomic E-state index is 13.1. The van der Waals surface area contributed by atoms with Gasteiger partial charge in [-0.3, -0.25) is 4.90 Å². The van der Waals surface area contributed by atoms with Gasteiger partial charge in [-0.05, 0) is 37.7 Å². The minimum Gasteiger partial charge on any atom is -0.409 e. The van der Waals surface area contributed by atoms with E-state index in [0.29, 0.717) is 17.1 Å². The summed E-state index contributed by atoms with van der Waals surface area (Å²) >= 11 is 5.95. The molecular formula is C11H15ClFN3O. The molecule has 0 fully saturated rings. The van der Waals surface area contributed by atoms with Gasteiger partial charge in [-0.25, -0.2) is 4.39 Å². The quantitative estimate of drug-likeness (QED) is 0.377. The van der Waals surface area contributed by atoms with E-state index in [-0.39, 0.29) is 17.7 Å². The third-order valence-corrected chi connectivity index (χ3v) is 3.00. The molecule has 1 rings (SSSR count). The van der Waals surface area contributed by atoms with E-state index >= 15 is 0 Å². The van der Waals surface area contributed by atoms with E-state index in [1.165, 1.54) is 18.2 Å². The molecule has 6 heteroatoms. The minimum atomic E-state index is -0.339. The molecule has 0 radical (unpaired) electrons. The largest absolute Gasteiger partial charge is 0.409 e. The van der Waals surface area contributed by atoms with Crippen molar-refractivity contribution in [1.29, 1.82) is 0 Å². The summed E-state index contributed by atoms with van der Waals surface area (Å²) in [5.41, 5.74) is 6.15. The van der Waals surface area contributed by atoms with Crippen molar-refractivity contribution >= 4 is 17.4 Å². The van der Waals surface area contributed by atoms with Crippen molar-refractivity contribution < 1.29 is 9.60 Å². The second-order valence-electron chi connectivity index (χ2n) is 3.85. The van der Waals surface area contributed by atoms with E-state index in [0.717, 1.165) is 0 Å². The zero-order valence-electron chi connectivity index (χ0n) is 9.69. The summed E-state index contributed by atoms with van der Waals surface area (Å²) < 4.78 is 13.1. The van der Waals surface area contributed by atoms with Crippen molar-refractivity contribution in [2.75, 3.05) is 7.05 Å². The molecule has 4 nitrogen and oxygen atoms in total. The van der Waals surface area contributed by atoms with E-state index in [1.54, 1.807) is 18.9 Å². The Bertz CT molecular complexity index is 425. The van der Waals surface area contributed by atoms with Gasteiger partial charge in [0.1, 0.15) is 5.82 Å². The summed E-state index contributed by atoms with van der Waals surface area (Å²) in [6.07, 6.45) is 0. The van der Waals surface area contributed by atoms with Gasteiger partial charge in [0.05, 0.1) is 6.04 Å². The Balaban J connectivity index is 2.80. The number of hydrogen-bond donors (Lipinski definition) is 2. The Morgan fingerprint density at radius 3 is 2.88 bits per heavy atom. The number of nitrogens with two attached hydrogens (primary N) is 1. The fraction of sp³-hybridized carbons (Fsp3) is 0.364. The molecule has 0 heterocycles. The molecule has 0 aromatic heterocycles. The van der Waals surface area contributed by atoms with Crippen LogP contribution in [0.15, 0.2) is 23.4 Å². The fourth-order valence-electron chi connectivity index (χ4n) is 1.38. The van der Waals surface area contributed by atoms with Gasteiger partial charge < -0.3 is 10.9 Å². The molecule has 94 valence electrons. The summed E-state index contributed by atoms with van der Waals surface area (Å²) in [5.74, 6) is -0.241. The first kappa shape index (κ1) is 13.7. The first-order valence-electron chi connectivity index (χ1n) is 5.07. The van der Waals surface area contributed by atoms with Gasteiger partial charge in [0.25, 0.3) is 0 Å². The first-order chi connectivity index (χ1) is 7.95. The molecule has 0 aliphatic heterocycles. The predicted octanol–water partition coefficient (Wildman–Crippen LogP) is 2.05. The van der Waals surface area contributed by atoms with Crippen molar-refractivity contribution in [1.82, 2.24) is 4.90 Å².